The minimum Gasteiger partial charge on any atom is -0.343 e. The van der Waals surface area contributed by atoms with E-state index >= 15 is 0 Å². The van der Waals surface area contributed by atoms with Crippen LogP contribution in [0, 0.1) is 0 Å². The van der Waals surface area contributed by atoms with Crippen LogP contribution in [0.1, 0.15) is 34.2 Å². The quantitative estimate of drug-likeness (QED) is 0.577. The Morgan fingerprint density at radius 3 is 2.75 bits per heavy atom. The van der Waals surface area contributed by atoms with E-state index in [4.69, 9.17) is 0 Å². The van der Waals surface area contributed by atoms with Gasteiger partial charge in [0.15, 0.2) is 5.69 Å². The number of allylic oxidation sites excluding steroid dienone is 4. The van der Waals surface area contributed by atoms with Crippen LogP contribution in [0.4, 0.5) is 23.2 Å². The Morgan fingerprint density at radius 1 is 1.25 bits per heavy atom. The molecule has 3 aromatic heterocycles. The number of halogens is 4. The molecule has 3 aromatic rings. The molecule has 144 valence electrons. The van der Waals surface area contributed by atoms with Gasteiger partial charge in [0, 0.05) is 23.1 Å². The summed E-state index contributed by atoms with van der Waals surface area (Å²) >= 11 is 0. The average Bonchev–Trinajstić information content (AvgIpc) is 3.29. The molecule has 0 bridgehead atoms. The summed E-state index contributed by atoms with van der Waals surface area (Å²) in [5.74, 6) is -1.06. The van der Waals surface area contributed by atoms with Crippen molar-refractivity contribution in [3.05, 3.63) is 65.5 Å². The molecule has 28 heavy (non-hydrogen) atoms. The Labute approximate surface area is 155 Å². The van der Waals surface area contributed by atoms with Crippen molar-refractivity contribution in [2.75, 3.05) is 5.32 Å². The number of amides is 1. The topological polar surface area (TPSA) is 86.5 Å². The van der Waals surface area contributed by atoms with Crippen molar-refractivity contribution in [1.82, 2.24) is 20.2 Å². The fourth-order valence-electron chi connectivity index (χ4n) is 2.91. The van der Waals surface area contributed by atoms with Crippen LogP contribution in [0.3, 0.4) is 0 Å². The first-order valence-corrected chi connectivity index (χ1v) is 8.26. The third kappa shape index (κ3) is 3.53. The van der Waals surface area contributed by atoms with Gasteiger partial charge in [-0.05, 0) is 30.7 Å². The van der Waals surface area contributed by atoms with Gasteiger partial charge in [-0.15, -0.1) is 0 Å². The highest BCUT2D eigenvalue weighted by Gasteiger charge is 2.34. The van der Waals surface area contributed by atoms with Gasteiger partial charge in [0.2, 0.25) is 0 Å². The third-order valence-corrected chi connectivity index (χ3v) is 4.32. The summed E-state index contributed by atoms with van der Waals surface area (Å²) < 4.78 is 50.9. The molecule has 0 aliphatic heterocycles. The molecule has 1 aliphatic carbocycles. The third-order valence-electron chi connectivity index (χ3n) is 4.32. The van der Waals surface area contributed by atoms with Gasteiger partial charge in [-0.3, -0.25) is 9.89 Å². The van der Waals surface area contributed by atoms with Crippen LogP contribution in [0.2, 0.25) is 0 Å². The smallest absolute Gasteiger partial charge is 0.343 e. The highest BCUT2D eigenvalue weighted by atomic mass is 19.4. The second-order valence-electron chi connectivity index (χ2n) is 6.30. The number of anilines is 1. The number of aromatic amines is 2. The van der Waals surface area contributed by atoms with Crippen molar-refractivity contribution in [3.63, 3.8) is 0 Å². The maximum absolute atomic E-state index is 13.1. The van der Waals surface area contributed by atoms with Crippen molar-refractivity contribution in [3.8, 4) is 0 Å². The number of pyridine rings is 1. The van der Waals surface area contributed by atoms with Gasteiger partial charge in [-0.2, -0.15) is 18.3 Å². The van der Waals surface area contributed by atoms with E-state index < -0.39 is 17.8 Å². The largest absolute Gasteiger partial charge is 0.435 e. The number of rotatable bonds is 3. The number of carbonyl (C=O) groups excluding carboxylic acids is 1. The van der Waals surface area contributed by atoms with Crippen LogP contribution in [0.25, 0.3) is 11.0 Å². The summed E-state index contributed by atoms with van der Waals surface area (Å²) in [5, 5.41) is 8.35. The first-order chi connectivity index (χ1) is 13.3. The second-order valence-corrected chi connectivity index (χ2v) is 6.30. The summed E-state index contributed by atoms with van der Waals surface area (Å²) in [4.78, 5) is 19.5. The molecule has 4 rings (SSSR count). The molecule has 1 atom stereocenters. The molecule has 3 N–H and O–H groups in total. The van der Waals surface area contributed by atoms with Crippen molar-refractivity contribution in [2.45, 2.75) is 18.5 Å². The van der Waals surface area contributed by atoms with Crippen LogP contribution in [0.5, 0.6) is 0 Å². The van der Waals surface area contributed by atoms with Crippen LogP contribution >= 0.6 is 0 Å². The Morgan fingerprint density at radius 2 is 2.07 bits per heavy atom. The normalized spacial score (nSPS) is 17.0. The van der Waals surface area contributed by atoms with Gasteiger partial charge in [-0.1, -0.05) is 6.08 Å². The van der Waals surface area contributed by atoms with Gasteiger partial charge in [0.1, 0.15) is 17.2 Å². The zero-order chi connectivity index (χ0) is 19.9. The molecule has 6 nitrogen and oxygen atoms in total. The van der Waals surface area contributed by atoms with Gasteiger partial charge >= 0.3 is 6.18 Å². The van der Waals surface area contributed by atoms with E-state index in [1.807, 2.05) is 6.07 Å². The molecule has 0 spiro atoms. The van der Waals surface area contributed by atoms with Gasteiger partial charge in [-0.25, -0.2) is 9.37 Å². The zero-order valence-electron chi connectivity index (χ0n) is 14.1. The van der Waals surface area contributed by atoms with Gasteiger partial charge in [0.05, 0.1) is 11.9 Å². The van der Waals surface area contributed by atoms with E-state index in [-0.39, 0.29) is 17.4 Å². The van der Waals surface area contributed by atoms with Crippen LogP contribution < -0.4 is 5.32 Å². The summed E-state index contributed by atoms with van der Waals surface area (Å²) in [6.45, 7) is 0. The number of alkyl halides is 3. The molecule has 0 radical (unpaired) electrons. The Kier molecular flexibility index (Phi) is 4.25. The van der Waals surface area contributed by atoms with Gasteiger partial charge < -0.3 is 10.3 Å². The van der Waals surface area contributed by atoms with Crippen LogP contribution in [-0.4, -0.2) is 26.1 Å². The molecule has 1 aliphatic rings. The monoisotopic (exact) mass is 391 g/mol. The summed E-state index contributed by atoms with van der Waals surface area (Å²) in [6.07, 6.45) is 1.91. The Bertz CT molecular complexity index is 1110. The molecule has 0 saturated heterocycles. The van der Waals surface area contributed by atoms with Crippen LogP contribution in [-0.2, 0) is 6.18 Å². The van der Waals surface area contributed by atoms with E-state index in [1.165, 1.54) is 18.3 Å². The number of aromatic nitrogens is 4. The lowest BCUT2D eigenvalue weighted by Crippen LogP contribution is -2.12. The van der Waals surface area contributed by atoms with E-state index in [0.717, 1.165) is 5.69 Å². The molecule has 1 unspecified atom stereocenters. The molecule has 0 aromatic carbocycles. The van der Waals surface area contributed by atoms with E-state index in [1.54, 1.807) is 12.1 Å². The predicted molar refractivity (Wildman–Crippen MR) is 93.3 cm³/mol. The molecular weight excluding hydrogens is 378 g/mol. The zero-order valence-corrected chi connectivity index (χ0v) is 14.1. The number of nitrogens with one attached hydrogen (secondary N) is 3. The van der Waals surface area contributed by atoms with E-state index in [9.17, 15) is 22.4 Å². The number of carbonyl (C=O) groups is 1. The summed E-state index contributed by atoms with van der Waals surface area (Å²) in [6, 6.07) is 4.12. The lowest BCUT2D eigenvalue weighted by Gasteiger charge is -2.11. The number of hydrogen-bond donors (Lipinski definition) is 3. The fraction of sp³-hybridized carbons (Fsp3) is 0.167. The molecule has 0 fully saturated rings. The van der Waals surface area contributed by atoms with Crippen molar-refractivity contribution in [1.29, 1.82) is 0 Å². The second kappa shape index (κ2) is 6.63. The predicted octanol–water partition coefficient (Wildman–Crippen LogP) is 4.45. The Hall–Kier alpha value is -3.43. The molecular formula is C18H13F4N5O. The first-order valence-electron chi connectivity index (χ1n) is 8.26. The number of fused-ring (bicyclic) bond motifs is 1. The maximum atomic E-state index is 13.1. The molecule has 10 heteroatoms. The number of nitrogens with zero attached hydrogens (tertiary/aromatic N) is 2. The lowest BCUT2D eigenvalue weighted by atomic mass is 9.97. The van der Waals surface area contributed by atoms with E-state index in [2.05, 4.69) is 25.5 Å². The number of hydrogen-bond acceptors (Lipinski definition) is 3. The van der Waals surface area contributed by atoms with Crippen LogP contribution in [0.15, 0.2) is 48.5 Å². The molecule has 1 amide bonds. The van der Waals surface area contributed by atoms with Crippen molar-refractivity contribution >= 4 is 22.6 Å². The van der Waals surface area contributed by atoms with Crippen molar-refractivity contribution < 1.29 is 22.4 Å². The van der Waals surface area contributed by atoms with E-state index in [0.29, 0.717) is 29.2 Å². The number of H-pyrrole nitrogens is 2. The minimum atomic E-state index is -4.64. The van der Waals surface area contributed by atoms with Crippen molar-refractivity contribution in [2.24, 2.45) is 0 Å². The summed E-state index contributed by atoms with van der Waals surface area (Å²) in [5.41, 5.74) is 0.249. The Balaban J connectivity index is 1.52. The SMILES string of the molecule is O=C(Nc1cnc2[nH]c(C3C=CC(F)=CC3)cc2c1)c1cc(C(F)(F)F)n[nH]1. The summed E-state index contributed by atoms with van der Waals surface area (Å²) in [7, 11) is 0. The average molecular weight is 391 g/mol. The first kappa shape index (κ1) is 18.0. The highest BCUT2D eigenvalue weighted by Crippen LogP contribution is 2.30. The molecule has 3 heterocycles. The highest BCUT2D eigenvalue weighted by molar-refractivity contribution is 6.03. The maximum Gasteiger partial charge on any atom is 0.435 e. The fourth-order valence-corrected chi connectivity index (χ4v) is 2.91. The minimum absolute atomic E-state index is 0.0162. The van der Waals surface area contributed by atoms with Gasteiger partial charge in [0.25, 0.3) is 5.91 Å². The lowest BCUT2D eigenvalue weighted by molar-refractivity contribution is -0.141. The molecule has 0 saturated carbocycles. The standard InChI is InChI=1S/C18H13F4N5O/c19-11-3-1-9(2-4-11)13-6-10-5-12(8-23-16(10)25-13)24-17(28)14-7-15(27-26-14)18(20,21)22/h1,3-9H,2H2,(H,23,25)(H,24,28)(H,26,27).